The van der Waals surface area contributed by atoms with Crippen molar-refractivity contribution in [2.24, 2.45) is 4.36 Å². The summed E-state index contributed by atoms with van der Waals surface area (Å²) in [6.45, 7) is 1.60. The van der Waals surface area contributed by atoms with Crippen LogP contribution in [0.1, 0.15) is 5.89 Å². The first kappa shape index (κ1) is 16.3. The molecule has 1 heterocycles. The second-order valence-electron chi connectivity index (χ2n) is 5.13. The zero-order valence-corrected chi connectivity index (χ0v) is 13.7. The molecule has 0 amide bonds. The summed E-state index contributed by atoms with van der Waals surface area (Å²) in [5, 5.41) is 3.65. The molecule has 3 rings (SSSR count). The summed E-state index contributed by atoms with van der Waals surface area (Å²) in [4.78, 5) is 3.93. The molecule has 8 heteroatoms. The third kappa shape index (κ3) is 3.18. The van der Waals surface area contributed by atoms with Crippen LogP contribution in [-0.4, -0.2) is 20.6 Å². The Labute approximate surface area is 137 Å². The predicted molar refractivity (Wildman–Crippen MR) is 85.2 cm³/mol. The SMILES string of the molecule is Cc1nc(-c2ccc(N=S(C)(=O)c3ccccc3F)cc2F)no1. The van der Waals surface area contributed by atoms with Crippen LogP contribution in [0.3, 0.4) is 0 Å². The van der Waals surface area contributed by atoms with Crippen molar-refractivity contribution in [3.05, 3.63) is 60.0 Å². The molecule has 0 aliphatic heterocycles. The van der Waals surface area contributed by atoms with Gasteiger partial charge in [0, 0.05) is 19.2 Å². The highest BCUT2D eigenvalue weighted by molar-refractivity contribution is 7.93. The average molecular weight is 349 g/mol. The summed E-state index contributed by atoms with van der Waals surface area (Å²) < 4.78 is 49.6. The maximum Gasteiger partial charge on any atom is 0.223 e. The van der Waals surface area contributed by atoms with Gasteiger partial charge in [-0.1, -0.05) is 17.3 Å². The molecule has 0 aliphatic rings. The molecule has 0 saturated heterocycles. The van der Waals surface area contributed by atoms with E-state index in [2.05, 4.69) is 14.5 Å². The van der Waals surface area contributed by atoms with Gasteiger partial charge in [0.05, 0.1) is 25.9 Å². The van der Waals surface area contributed by atoms with Crippen molar-refractivity contribution in [2.45, 2.75) is 11.8 Å². The molecular weight excluding hydrogens is 336 g/mol. The van der Waals surface area contributed by atoms with E-state index in [0.717, 1.165) is 6.07 Å². The minimum Gasteiger partial charge on any atom is -0.339 e. The molecule has 0 spiro atoms. The van der Waals surface area contributed by atoms with E-state index >= 15 is 0 Å². The van der Waals surface area contributed by atoms with Crippen molar-refractivity contribution in [1.82, 2.24) is 10.1 Å². The maximum absolute atomic E-state index is 14.3. The number of halogens is 2. The van der Waals surface area contributed by atoms with Crippen LogP contribution in [-0.2, 0) is 9.73 Å². The van der Waals surface area contributed by atoms with Crippen LogP contribution in [0.5, 0.6) is 0 Å². The summed E-state index contributed by atoms with van der Waals surface area (Å²) in [5.74, 6) is -0.828. The molecule has 5 nitrogen and oxygen atoms in total. The number of benzene rings is 2. The summed E-state index contributed by atoms with van der Waals surface area (Å²) in [6, 6.07) is 9.65. The van der Waals surface area contributed by atoms with Crippen molar-refractivity contribution in [3.8, 4) is 11.4 Å². The predicted octanol–water partition coefficient (Wildman–Crippen LogP) is 4.11. The second kappa shape index (κ2) is 6.12. The van der Waals surface area contributed by atoms with E-state index in [-0.39, 0.29) is 22.0 Å². The minimum absolute atomic E-state index is 0.0247. The first-order valence-corrected chi connectivity index (χ1v) is 8.86. The largest absolute Gasteiger partial charge is 0.339 e. The van der Waals surface area contributed by atoms with Gasteiger partial charge in [0.15, 0.2) is 0 Å². The lowest BCUT2D eigenvalue weighted by Gasteiger charge is -2.06. The lowest BCUT2D eigenvalue weighted by Crippen LogP contribution is -2.00. The number of aromatic nitrogens is 2. The molecule has 1 unspecified atom stereocenters. The van der Waals surface area contributed by atoms with Gasteiger partial charge in [0.1, 0.15) is 11.6 Å². The first-order chi connectivity index (χ1) is 11.4. The van der Waals surface area contributed by atoms with E-state index < -0.39 is 21.4 Å². The fourth-order valence-corrected chi connectivity index (χ4v) is 3.53. The summed E-state index contributed by atoms with van der Waals surface area (Å²) in [5.41, 5.74) is 0.270. The van der Waals surface area contributed by atoms with Gasteiger partial charge >= 0.3 is 0 Å². The van der Waals surface area contributed by atoms with E-state index in [1.165, 1.54) is 36.6 Å². The molecule has 24 heavy (non-hydrogen) atoms. The van der Waals surface area contributed by atoms with Gasteiger partial charge in [-0.2, -0.15) is 9.35 Å². The minimum atomic E-state index is -3.05. The lowest BCUT2D eigenvalue weighted by atomic mass is 10.2. The van der Waals surface area contributed by atoms with E-state index in [0.29, 0.717) is 5.89 Å². The maximum atomic E-state index is 14.3. The van der Waals surface area contributed by atoms with Crippen LogP contribution in [0, 0.1) is 18.6 Å². The summed E-state index contributed by atoms with van der Waals surface area (Å²) >= 11 is 0. The summed E-state index contributed by atoms with van der Waals surface area (Å²) in [6.07, 6.45) is 1.31. The van der Waals surface area contributed by atoms with Crippen LogP contribution in [0.15, 0.2) is 56.2 Å². The van der Waals surface area contributed by atoms with Gasteiger partial charge < -0.3 is 4.52 Å². The zero-order valence-electron chi connectivity index (χ0n) is 12.9. The van der Waals surface area contributed by atoms with Crippen molar-refractivity contribution >= 4 is 15.4 Å². The molecule has 0 radical (unpaired) electrons. The molecule has 0 fully saturated rings. The monoisotopic (exact) mass is 349 g/mol. The van der Waals surface area contributed by atoms with Crippen LogP contribution in [0.25, 0.3) is 11.4 Å². The fraction of sp³-hybridized carbons (Fsp3) is 0.125. The Morgan fingerprint density at radius 3 is 2.50 bits per heavy atom. The molecule has 0 N–H and O–H groups in total. The van der Waals surface area contributed by atoms with Gasteiger partial charge in [-0.05, 0) is 24.3 Å². The Bertz CT molecular complexity index is 1020. The zero-order chi connectivity index (χ0) is 17.3. The smallest absolute Gasteiger partial charge is 0.223 e. The number of hydrogen-bond acceptors (Lipinski definition) is 5. The van der Waals surface area contributed by atoms with Crippen molar-refractivity contribution in [1.29, 1.82) is 0 Å². The van der Waals surface area contributed by atoms with Gasteiger partial charge in [-0.15, -0.1) is 0 Å². The van der Waals surface area contributed by atoms with Crippen LogP contribution >= 0.6 is 0 Å². The van der Waals surface area contributed by atoms with E-state index in [9.17, 15) is 13.0 Å². The molecular formula is C16H13F2N3O2S. The molecule has 1 atom stereocenters. The van der Waals surface area contributed by atoms with Crippen LogP contribution < -0.4 is 0 Å². The van der Waals surface area contributed by atoms with E-state index in [4.69, 9.17) is 4.52 Å². The third-order valence-corrected chi connectivity index (χ3v) is 4.95. The molecule has 0 bridgehead atoms. The molecule has 0 aliphatic carbocycles. The quantitative estimate of drug-likeness (QED) is 0.713. The second-order valence-corrected chi connectivity index (χ2v) is 7.35. The van der Waals surface area contributed by atoms with Crippen molar-refractivity contribution in [3.63, 3.8) is 0 Å². The van der Waals surface area contributed by atoms with Crippen LogP contribution in [0.2, 0.25) is 0 Å². The van der Waals surface area contributed by atoms with Crippen LogP contribution in [0.4, 0.5) is 14.5 Å². The molecule has 3 aromatic rings. The summed E-state index contributed by atoms with van der Waals surface area (Å²) in [7, 11) is -3.05. The highest BCUT2D eigenvalue weighted by atomic mass is 32.2. The number of rotatable bonds is 3. The molecule has 1 aromatic heterocycles. The van der Waals surface area contributed by atoms with Gasteiger partial charge in [0.2, 0.25) is 11.7 Å². The normalized spacial score (nSPS) is 13.5. The highest BCUT2D eigenvalue weighted by Gasteiger charge is 2.14. The Kier molecular flexibility index (Phi) is 4.15. The molecule has 2 aromatic carbocycles. The Balaban J connectivity index is 2.03. The first-order valence-electron chi connectivity index (χ1n) is 6.94. The Morgan fingerprint density at radius 1 is 1.12 bits per heavy atom. The van der Waals surface area contributed by atoms with Crippen molar-refractivity contribution < 1.29 is 17.5 Å². The molecule has 124 valence electrons. The fourth-order valence-electron chi connectivity index (χ4n) is 2.15. The highest BCUT2D eigenvalue weighted by Crippen LogP contribution is 2.27. The number of hydrogen-bond donors (Lipinski definition) is 0. The standard InChI is InChI=1S/C16H13F2N3O2S/c1-10-19-16(20-23-10)12-8-7-11(9-14(12)18)21-24(2,22)15-6-4-3-5-13(15)17/h3-9H,1-2H3. The average Bonchev–Trinajstić information content (AvgIpc) is 2.93. The number of aryl methyl sites for hydroxylation is 1. The molecule has 0 saturated carbocycles. The van der Waals surface area contributed by atoms with E-state index in [1.54, 1.807) is 13.0 Å². The number of nitrogens with zero attached hydrogens (tertiary/aromatic N) is 3. The van der Waals surface area contributed by atoms with Gasteiger partial charge in [-0.3, -0.25) is 0 Å². The Morgan fingerprint density at radius 2 is 1.88 bits per heavy atom. The Hall–Kier alpha value is -2.61. The lowest BCUT2D eigenvalue weighted by molar-refractivity contribution is 0.394. The van der Waals surface area contributed by atoms with Gasteiger partial charge in [0.25, 0.3) is 0 Å². The topological polar surface area (TPSA) is 68.3 Å². The van der Waals surface area contributed by atoms with Gasteiger partial charge in [-0.25, -0.2) is 13.0 Å². The van der Waals surface area contributed by atoms with E-state index in [1.807, 2.05) is 0 Å². The third-order valence-electron chi connectivity index (χ3n) is 3.25. The van der Waals surface area contributed by atoms with Crippen molar-refractivity contribution in [2.75, 3.05) is 6.26 Å².